The lowest BCUT2D eigenvalue weighted by Gasteiger charge is -2.13. The molecule has 0 fully saturated rings. The predicted octanol–water partition coefficient (Wildman–Crippen LogP) is 2.57. The van der Waals surface area contributed by atoms with Gasteiger partial charge in [-0.05, 0) is 29.3 Å². The molecule has 0 aliphatic rings. The van der Waals surface area contributed by atoms with Crippen molar-refractivity contribution in [3.05, 3.63) is 47.9 Å². The second-order valence-corrected chi connectivity index (χ2v) is 4.00. The molecular formula is C14H16O4. The lowest BCUT2D eigenvalue weighted by atomic mass is 10.0. The summed E-state index contributed by atoms with van der Waals surface area (Å²) in [6.45, 7) is 0. The lowest BCUT2D eigenvalue weighted by molar-refractivity contribution is 0.177. The zero-order valence-corrected chi connectivity index (χ0v) is 10.4. The van der Waals surface area contributed by atoms with Crippen LogP contribution in [0.2, 0.25) is 0 Å². The Balaban J connectivity index is 2.20. The quantitative estimate of drug-likeness (QED) is 0.883. The molecule has 1 N–H and O–H groups in total. The van der Waals surface area contributed by atoms with E-state index in [1.54, 1.807) is 44.9 Å². The Kier molecular flexibility index (Phi) is 3.89. The van der Waals surface area contributed by atoms with Crippen molar-refractivity contribution < 1.29 is 19.0 Å². The lowest BCUT2D eigenvalue weighted by Crippen LogP contribution is -2.02. The van der Waals surface area contributed by atoms with Crippen LogP contribution in [0.3, 0.4) is 0 Å². The topological polar surface area (TPSA) is 51.8 Å². The summed E-state index contributed by atoms with van der Waals surface area (Å²) < 4.78 is 15.3. The van der Waals surface area contributed by atoms with Gasteiger partial charge in [-0.2, -0.15) is 0 Å². The third-order valence-corrected chi connectivity index (χ3v) is 2.77. The molecule has 0 amide bonds. The molecule has 1 heterocycles. The van der Waals surface area contributed by atoms with Crippen molar-refractivity contribution in [2.24, 2.45) is 0 Å². The molecule has 1 atom stereocenters. The van der Waals surface area contributed by atoms with E-state index in [1.807, 2.05) is 6.07 Å². The van der Waals surface area contributed by atoms with E-state index in [4.69, 9.17) is 13.9 Å². The van der Waals surface area contributed by atoms with E-state index < -0.39 is 6.10 Å². The summed E-state index contributed by atoms with van der Waals surface area (Å²) in [6, 6.07) is 7.20. The number of benzene rings is 1. The first-order valence-corrected chi connectivity index (χ1v) is 5.65. The standard InChI is InChI=1S/C14H16O4/c1-16-12-6-11(7-13(8-12)17-2)14(15)5-10-3-4-18-9-10/h3-4,6-9,14-15H,5H2,1-2H3. The number of aliphatic hydroxyl groups is 1. The maximum atomic E-state index is 10.2. The van der Waals surface area contributed by atoms with Gasteiger partial charge in [-0.25, -0.2) is 0 Å². The van der Waals surface area contributed by atoms with E-state index >= 15 is 0 Å². The van der Waals surface area contributed by atoms with Crippen LogP contribution in [0.25, 0.3) is 0 Å². The summed E-state index contributed by atoms with van der Waals surface area (Å²) in [7, 11) is 3.17. The highest BCUT2D eigenvalue weighted by Crippen LogP contribution is 2.28. The van der Waals surface area contributed by atoms with Crippen LogP contribution in [-0.4, -0.2) is 19.3 Å². The van der Waals surface area contributed by atoms with Crippen LogP contribution in [0.1, 0.15) is 17.2 Å². The van der Waals surface area contributed by atoms with Crippen LogP contribution in [0.5, 0.6) is 11.5 Å². The molecule has 4 heteroatoms. The maximum absolute atomic E-state index is 10.2. The molecule has 1 unspecified atom stereocenters. The number of hydrogen-bond acceptors (Lipinski definition) is 4. The number of hydrogen-bond donors (Lipinski definition) is 1. The van der Waals surface area contributed by atoms with Gasteiger partial charge in [-0.15, -0.1) is 0 Å². The van der Waals surface area contributed by atoms with E-state index in [9.17, 15) is 5.11 Å². The first-order chi connectivity index (χ1) is 8.72. The van der Waals surface area contributed by atoms with Crippen LogP contribution in [0.4, 0.5) is 0 Å². The first-order valence-electron chi connectivity index (χ1n) is 5.65. The first kappa shape index (κ1) is 12.5. The second-order valence-electron chi connectivity index (χ2n) is 4.00. The van der Waals surface area contributed by atoms with Gasteiger partial charge >= 0.3 is 0 Å². The summed E-state index contributed by atoms with van der Waals surface area (Å²) in [5.74, 6) is 1.33. The zero-order chi connectivity index (χ0) is 13.0. The molecule has 0 radical (unpaired) electrons. The number of aliphatic hydroxyl groups excluding tert-OH is 1. The highest BCUT2D eigenvalue weighted by Gasteiger charge is 2.12. The maximum Gasteiger partial charge on any atom is 0.122 e. The normalized spacial score (nSPS) is 12.2. The van der Waals surface area contributed by atoms with Gasteiger partial charge in [0.1, 0.15) is 11.5 Å². The Labute approximate surface area is 106 Å². The van der Waals surface area contributed by atoms with Crippen LogP contribution in [0.15, 0.2) is 41.2 Å². The summed E-state index contributed by atoms with van der Waals surface area (Å²) in [6.07, 6.45) is 3.09. The molecule has 0 aliphatic carbocycles. The Morgan fingerprint density at radius 2 is 1.83 bits per heavy atom. The molecular weight excluding hydrogens is 232 g/mol. The molecule has 1 aromatic heterocycles. The fourth-order valence-electron chi connectivity index (χ4n) is 1.77. The minimum absolute atomic E-state index is 0.493. The van der Waals surface area contributed by atoms with Crippen LogP contribution in [-0.2, 0) is 6.42 Å². The molecule has 2 aromatic rings. The smallest absolute Gasteiger partial charge is 0.122 e. The average molecular weight is 248 g/mol. The predicted molar refractivity (Wildman–Crippen MR) is 66.9 cm³/mol. The van der Waals surface area contributed by atoms with Gasteiger partial charge < -0.3 is 19.0 Å². The van der Waals surface area contributed by atoms with E-state index in [0.717, 1.165) is 11.1 Å². The van der Waals surface area contributed by atoms with E-state index in [-0.39, 0.29) is 0 Å². The molecule has 1 aromatic carbocycles. The SMILES string of the molecule is COc1cc(OC)cc(C(O)Cc2ccoc2)c1. The van der Waals surface area contributed by atoms with Gasteiger partial charge in [-0.1, -0.05) is 0 Å². The van der Waals surface area contributed by atoms with Crippen LogP contribution >= 0.6 is 0 Å². The molecule has 18 heavy (non-hydrogen) atoms. The van der Waals surface area contributed by atoms with Crippen LogP contribution < -0.4 is 9.47 Å². The Morgan fingerprint density at radius 1 is 1.17 bits per heavy atom. The minimum Gasteiger partial charge on any atom is -0.497 e. The Bertz CT molecular complexity index is 468. The fourth-order valence-corrected chi connectivity index (χ4v) is 1.77. The van der Waals surface area contributed by atoms with Crippen molar-refractivity contribution in [3.8, 4) is 11.5 Å². The Morgan fingerprint density at radius 3 is 2.33 bits per heavy atom. The molecule has 0 spiro atoms. The molecule has 0 bridgehead atoms. The third-order valence-electron chi connectivity index (χ3n) is 2.77. The summed E-state index contributed by atoms with van der Waals surface area (Å²) in [4.78, 5) is 0. The molecule has 0 saturated carbocycles. The fraction of sp³-hybridized carbons (Fsp3) is 0.286. The third kappa shape index (κ3) is 2.84. The second kappa shape index (κ2) is 5.60. The highest BCUT2D eigenvalue weighted by atomic mass is 16.5. The molecule has 0 aliphatic heterocycles. The number of ether oxygens (including phenoxy) is 2. The average Bonchev–Trinajstić information content (AvgIpc) is 2.90. The van der Waals surface area contributed by atoms with Gasteiger partial charge in [0, 0.05) is 12.5 Å². The summed E-state index contributed by atoms with van der Waals surface area (Å²) in [5, 5.41) is 10.2. The largest absolute Gasteiger partial charge is 0.497 e. The molecule has 4 nitrogen and oxygen atoms in total. The summed E-state index contributed by atoms with van der Waals surface area (Å²) >= 11 is 0. The van der Waals surface area contributed by atoms with Crippen molar-refractivity contribution in [1.82, 2.24) is 0 Å². The van der Waals surface area contributed by atoms with E-state index in [0.29, 0.717) is 17.9 Å². The van der Waals surface area contributed by atoms with Crippen molar-refractivity contribution in [3.63, 3.8) is 0 Å². The van der Waals surface area contributed by atoms with Crippen molar-refractivity contribution >= 4 is 0 Å². The summed E-state index contributed by atoms with van der Waals surface area (Å²) in [5.41, 5.74) is 1.71. The van der Waals surface area contributed by atoms with Crippen molar-refractivity contribution in [2.45, 2.75) is 12.5 Å². The number of furan rings is 1. The van der Waals surface area contributed by atoms with Gasteiger partial charge in [0.2, 0.25) is 0 Å². The van der Waals surface area contributed by atoms with E-state index in [1.165, 1.54) is 0 Å². The van der Waals surface area contributed by atoms with Gasteiger partial charge in [0.05, 0.1) is 32.8 Å². The van der Waals surface area contributed by atoms with Gasteiger partial charge in [-0.3, -0.25) is 0 Å². The van der Waals surface area contributed by atoms with Gasteiger partial charge in [0.25, 0.3) is 0 Å². The van der Waals surface area contributed by atoms with Gasteiger partial charge in [0.15, 0.2) is 0 Å². The molecule has 2 rings (SSSR count). The van der Waals surface area contributed by atoms with Crippen molar-refractivity contribution in [2.75, 3.05) is 14.2 Å². The number of methoxy groups -OCH3 is 2. The van der Waals surface area contributed by atoms with Crippen molar-refractivity contribution in [1.29, 1.82) is 0 Å². The Hall–Kier alpha value is -1.94. The minimum atomic E-state index is -0.619. The molecule has 0 saturated heterocycles. The van der Waals surface area contributed by atoms with E-state index in [2.05, 4.69) is 0 Å². The monoisotopic (exact) mass is 248 g/mol. The molecule has 96 valence electrons. The highest BCUT2D eigenvalue weighted by molar-refractivity contribution is 5.39. The van der Waals surface area contributed by atoms with Crippen LogP contribution in [0, 0.1) is 0 Å². The zero-order valence-electron chi connectivity index (χ0n) is 10.4. The number of rotatable bonds is 5.